The zero-order valence-corrected chi connectivity index (χ0v) is 15.3. The van der Waals surface area contributed by atoms with Gasteiger partial charge in [0.25, 0.3) is 0 Å². The van der Waals surface area contributed by atoms with Crippen molar-refractivity contribution in [3.05, 3.63) is 59.9 Å². The highest BCUT2D eigenvalue weighted by molar-refractivity contribution is 6.24. The summed E-state index contributed by atoms with van der Waals surface area (Å²) in [6.45, 7) is 1.55. The first-order valence-electron chi connectivity index (χ1n) is 9.22. The van der Waals surface area contributed by atoms with Crippen molar-refractivity contribution in [3.63, 3.8) is 0 Å². The summed E-state index contributed by atoms with van der Waals surface area (Å²) in [5.41, 5.74) is 8.81. The molecule has 0 atom stereocenters. The molecule has 1 aliphatic heterocycles. The number of pyridine rings is 1. The average molecular weight is 375 g/mol. The Hall–Kier alpha value is -3.61. The summed E-state index contributed by atoms with van der Waals surface area (Å²) >= 11 is 0. The second kappa shape index (κ2) is 7.56. The number of primary amides is 1. The standard InChI is InChI=1S/C21H21N5O2/c22-19(27)17(14-6-2-1-3-7-14)10-15-12-23-20-18(15)11-16(13-24-20)25-21(28)26-8-4-5-9-26/h1-3,6-7,10-13H,4-5,8-9H2,(H2,22,27)(H,23,24)(H,25,28)/b17-10-. The van der Waals surface area contributed by atoms with E-state index in [4.69, 9.17) is 5.73 Å². The van der Waals surface area contributed by atoms with Gasteiger partial charge in [-0.25, -0.2) is 9.78 Å². The molecule has 0 spiro atoms. The second-order valence-electron chi connectivity index (χ2n) is 6.78. The van der Waals surface area contributed by atoms with Gasteiger partial charge in [-0.1, -0.05) is 30.3 Å². The van der Waals surface area contributed by atoms with Crippen LogP contribution in [0.2, 0.25) is 0 Å². The molecule has 3 amide bonds. The maximum atomic E-state index is 12.3. The number of aromatic nitrogens is 2. The first kappa shape index (κ1) is 17.8. The summed E-state index contributed by atoms with van der Waals surface area (Å²) < 4.78 is 0. The van der Waals surface area contributed by atoms with Crippen molar-refractivity contribution in [2.24, 2.45) is 5.73 Å². The lowest BCUT2D eigenvalue weighted by molar-refractivity contribution is -0.112. The number of likely N-dealkylation sites (tertiary alicyclic amines) is 1. The van der Waals surface area contributed by atoms with Crippen molar-refractivity contribution in [1.82, 2.24) is 14.9 Å². The monoisotopic (exact) mass is 375 g/mol. The smallest absolute Gasteiger partial charge is 0.321 e. The summed E-state index contributed by atoms with van der Waals surface area (Å²) in [6, 6.07) is 11.0. The number of rotatable bonds is 4. The number of fused-ring (bicyclic) bond motifs is 1. The summed E-state index contributed by atoms with van der Waals surface area (Å²) in [4.78, 5) is 33.6. The second-order valence-corrected chi connectivity index (χ2v) is 6.78. The third-order valence-corrected chi connectivity index (χ3v) is 4.86. The molecule has 4 rings (SSSR count). The van der Waals surface area contributed by atoms with Crippen molar-refractivity contribution in [2.45, 2.75) is 12.8 Å². The van der Waals surface area contributed by atoms with E-state index in [1.54, 1.807) is 23.4 Å². The number of carbonyl (C=O) groups is 2. The number of benzene rings is 1. The van der Waals surface area contributed by atoms with Gasteiger partial charge in [-0.15, -0.1) is 0 Å². The van der Waals surface area contributed by atoms with E-state index in [2.05, 4.69) is 15.3 Å². The van der Waals surface area contributed by atoms with Crippen molar-refractivity contribution < 1.29 is 9.59 Å². The van der Waals surface area contributed by atoms with E-state index in [0.29, 0.717) is 16.9 Å². The van der Waals surface area contributed by atoms with E-state index in [-0.39, 0.29) is 6.03 Å². The number of nitrogens with zero attached hydrogens (tertiary/aromatic N) is 2. The maximum Gasteiger partial charge on any atom is 0.321 e. The van der Waals surface area contributed by atoms with Gasteiger partial charge in [0.15, 0.2) is 0 Å². The number of hydrogen-bond acceptors (Lipinski definition) is 3. The van der Waals surface area contributed by atoms with E-state index in [9.17, 15) is 9.59 Å². The number of carbonyl (C=O) groups excluding carboxylic acids is 2. The minimum Gasteiger partial charge on any atom is -0.366 e. The van der Waals surface area contributed by atoms with Gasteiger partial charge in [0.05, 0.1) is 11.9 Å². The average Bonchev–Trinajstić information content (AvgIpc) is 3.37. The Morgan fingerprint density at radius 2 is 1.93 bits per heavy atom. The molecular weight excluding hydrogens is 354 g/mol. The van der Waals surface area contributed by atoms with Crippen LogP contribution in [0.25, 0.3) is 22.7 Å². The minimum atomic E-state index is -0.507. The zero-order valence-electron chi connectivity index (χ0n) is 15.3. The van der Waals surface area contributed by atoms with Crippen LogP contribution in [0.4, 0.5) is 10.5 Å². The molecule has 0 bridgehead atoms. The van der Waals surface area contributed by atoms with Crippen molar-refractivity contribution in [3.8, 4) is 0 Å². The van der Waals surface area contributed by atoms with Gasteiger partial charge in [-0.3, -0.25) is 4.79 Å². The molecule has 2 aromatic heterocycles. The van der Waals surface area contributed by atoms with Gasteiger partial charge < -0.3 is 20.9 Å². The summed E-state index contributed by atoms with van der Waals surface area (Å²) in [5, 5.41) is 3.70. The third-order valence-electron chi connectivity index (χ3n) is 4.86. The molecule has 4 N–H and O–H groups in total. The molecule has 0 saturated carbocycles. The fraction of sp³-hybridized carbons (Fsp3) is 0.190. The predicted molar refractivity (Wildman–Crippen MR) is 109 cm³/mol. The normalized spacial score (nSPS) is 14.4. The first-order valence-corrected chi connectivity index (χ1v) is 9.22. The Kier molecular flexibility index (Phi) is 4.80. The van der Waals surface area contributed by atoms with Crippen molar-refractivity contribution >= 4 is 40.3 Å². The molecule has 1 aromatic carbocycles. The highest BCUT2D eigenvalue weighted by atomic mass is 16.2. The molecule has 7 nitrogen and oxygen atoms in total. The lowest BCUT2D eigenvalue weighted by atomic mass is 10.0. The third kappa shape index (κ3) is 3.59. The molecule has 1 aliphatic rings. The lowest BCUT2D eigenvalue weighted by Crippen LogP contribution is -2.32. The molecule has 1 fully saturated rings. The van der Waals surface area contributed by atoms with Crippen LogP contribution in [0.1, 0.15) is 24.0 Å². The van der Waals surface area contributed by atoms with Gasteiger partial charge in [0, 0.05) is 35.8 Å². The van der Waals surface area contributed by atoms with E-state index in [1.165, 1.54) is 0 Å². The van der Waals surface area contributed by atoms with E-state index in [1.807, 2.05) is 36.4 Å². The number of urea groups is 1. The number of anilines is 1. The van der Waals surface area contributed by atoms with Crippen LogP contribution in [0, 0.1) is 0 Å². The van der Waals surface area contributed by atoms with Crippen molar-refractivity contribution in [2.75, 3.05) is 18.4 Å². The lowest BCUT2D eigenvalue weighted by Gasteiger charge is -2.16. The molecule has 1 saturated heterocycles. The highest BCUT2D eigenvalue weighted by Gasteiger charge is 2.18. The minimum absolute atomic E-state index is 0.117. The molecule has 0 unspecified atom stereocenters. The molecule has 142 valence electrons. The van der Waals surface area contributed by atoms with Crippen LogP contribution in [0.3, 0.4) is 0 Å². The topological polar surface area (TPSA) is 104 Å². The van der Waals surface area contributed by atoms with Crippen LogP contribution < -0.4 is 11.1 Å². The fourth-order valence-electron chi connectivity index (χ4n) is 3.40. The van der Waals surface area contributed by atoms with Gasteiger partial charge in [0.1, 0.15) is 5.65 Å². The van der Waals surface area contributed by atoms with Crippen molar-refractivity contribution in [1.29, 1.82) is 0 Å². The zero-order chi connectivity index (χ0) is 19.5. The van der Waals surface area contributed by atoms with Crippen LogP contribution >= 0.6 is 0 Å². The molecular formula is C21H21N5O2. The molecule has 28 heavy (non-hydrogen) atoms. The Labute approximate surface area is 162 Å². The predicted octanol–water partition coefficient (Wildman–Crippen LogP) is 3.22. The highest BCUT2D eigenvalue weighted by Crippen LogP contribution is 2.25. The first-order chi connectivity index (χ1) is 13.6. The van der Waals surface area contributed by atoms with E-state index < -0.39 is 5.91 Å². The largest absolute Gasteiger partial charge is 0.366 e. The molecule has 3 aromatic rings. The quantitative estimate of drug-likeness (QED) is 0.610. The van der Waals surface area contributed by atoms with Gasteiger partial charge >= 0.3 is 6.03 Å². The van der Waals surface area contributed by atoms with Gasteiger partial charge in [-0.2, -0.15) is 0 Å². The number of nitrogens with two attached hydrogens (primary N) is 1. The number of H-pyrrole nitrogens is 1. The Balaban J connectivity index is 1.67. The van der Waals surface area contributed by atoms with Gasteiger partial charge in [-0.05, 0) is 30.5 Å². The van der Waals surface area contributed by atoms with Gasteiger partial charge in [0.2, 0.25) is 5.91 Å². The van der Waals surface area contributed by atoms with Crippen LogP contribution in [-0.4, -0.2) is 39.9 Å². The summed E-state index contributed by atoms with van der Waals surface area (Å²) in [5.74, 6) is -0.507. The number of hydrogen-bond donors (Lipinski definition) is 3. The molecule has 7 heteroatoms. The van der Waals surface area contributed by atoms with Crippen LogP contribution in [-0.2, 0) is 4.79 Å². The Bertz CT molecular complexity index is 1050. The number of amides is 3. The van der Waals surface area contributed by atoms with Crippen LogP contribution in [0.5, 0.6) is 0 Å². The Morgan fingerprint density at radius 3 is 2.64 bits per heavy atom. The fourth-order valence-corrected chi connectivity index (χ4v) is 3.40. The number of aromatic amines is 1. The SMILES string of the molecule is NC(=O)/C(=C\c1c[nH]c2ncc(NC(=O)N3CCCC3)cc12)c1ccccc1. The Morgan fingerprint density at radius 1 is 1.18 bits per heavy atom. The summed E-state index contributed by atoms with van der Waals surface area (Å²) in [7, 11) is 0. The molecule has 0 radical (unpaired) electrons. The van der Waals surface area contributed by atoms with E-state index in [0.717, 1.165) is 42.4 Å². The summed E-state index contributed by atoms with van der Waals surface area (Å²) in [6.07, 6.45) is 7.20. The van der Waals surface area contributed by atoms with E-state index >= 15 is 0 Å². The maximum absolute atomic E-state index is 12.3. The molecule has 0 aliphatic carbocycles. The molecule has 3 heterocycles. The van der Waals surface area contributed by atoms with Crippen LogP contribution in [0.15, 0.2) is 48.8 Å². The number of nitrogens with one attached hydrogen (secondary N) is 2.